The molecule has 20 heavy (non-hydrogen) atoms. The highest BCUT2D eigenvalue weighted by Gasteiger charge is 2.43. The molecule has 108 valence electrons. The molecule has 1 aromatic carbocycles. The van der Waals surface area contributed by atoms with E-state index >= 15 is 0 Å². The third kappa shape index (κ3) is 3.18. The number of thioether (sulfide) groups is 1. The maximum Gasteiger partial charge on any atom is 0.223 e. The first-order valence-corrected chi connectivity index (χ1v) is 8.42. The summed E-state index contributed by atoms with van der Waals surface area (Å²) in [5.74, 6) is 1.35. The van der Waals surface area contributed by atoms with Gasteiger partial charge in [-0.3, -0.25) is 4.79 Å². The summed E-state index contributed by atoms with van der Waals surface area (Å²) < 4.78 is 0. The second kappa shape index (κ2) is 6.19. The molecule has 0 aliphatic carbocycles. The van der Waals surface area contributed by atoms with Crippen LogP contribution < -0.4 is 5.32 Å². The van der Waals surface area contributed by atoms with Crippen LogP contribution in [0.3, 0.4) is 0 Å². The Hall–Kier alpha value is -1.00. The number of carbonyl (C=O) groups is 1. The molecule has 2 aliphatic rings. The van der Waals surface area contributed by atoms with Crippen LogP contribution in [0, 0.1) is 5.41 Å². The van der Waals surface area contributed by atoms with Gasteiger partial charge in [-0.1, -0.05) is 18.2 Å². The molecule has 0 atom stereocenters. The molecule has 0 radical (unpaired) electrons. The van der Waals surface area contributed by atoms with Crippen LogP contribution in [0.2, 0.25) is 0 Å². The number of benzene rings is 1. The number of hydrogen-bond donors (Lipinski definition) is 1. The van der Waals surface area contributed by atoms with E-state index in [1.54, 1.807) is 0 Å². The third-order valence-corrected chi connectivity index (χ3v) is 5.43. The number of rotatable bonds is 4. The van der Waals surface area contributed by atoms with Gasteiger partial charge in [-0.15, -0.1) is 11.8 Å². The van der Waals surface area contributed by atoms with Gasteiger partial charge in [0.15, 0.2) is 0 Å². The number of nitrogens with one attached hydrogen (secondary N) is 1. The normalized spacial score (nSPS) is 21.6. The second-order valence-corrected chi connectivity index (χ2v) is 7.07. The van der Waals surface area contributed by atoms with Gasteiger partial charge in [0, 0.05) is 30.2 Å². The highest BCUT2D eigenvalue weighted by molar-refractivity contribution is 7.99. The van der Waals surface area contributed by atoms with Gasteiger partial charge >= 0.3 is 0 Å². The van der Waals surface area contributed by atoms with Gasteiger partial charge in [0.05, 0.1) is 0 Å². The van der Waals surface area contributed by atoms with E-state index in [1.165, 1.54) is 4.90 Å². The van der Waals surface area contributed by atoms with Gasteiger partial charge in [0.25, 0.3) is 0 Å². The number of piperidine rings is 1. The zero-order valence-electron chi connectivity index (χ0n) is 11.8. The van der Waals surface area contributed by atoms with Crippen LogP contribution in [0.4, 0.5) is 0 Å². The summed E-state index contributed by atoms with van der Waals surface area (Å²) in [6.07, 6.45) is 3.08. The highest BCUT2D eigenvalue weighted by Crippen LogP contribution is 2.39. The Labute approximate surface area is 125 Å². The molecule has 2 fully saturated rings. The average molecular weight is 290 g/mol. The molecule has 0 bridgehead atoms. The summed E-state index contributed by atoms with van der Waals surface area (Å²) in [5, 5.41) is 3.40. The van der Waals surface area contributed by atoms with Crippen molar-refractivity contribution in [2.24, 2.45) is 5.41 Å². The number of carbonyl (C=O) groups excluding carboxylic acids is 1. The molecule has 0 unspecified atom stereocenters. The van der Waals surface area contributed by atoms with E-state index in [2.05, 4.69) is 34.5 Å². The summed E-state index contributed by atoms with van der Waals surface area (Å²) in [5.41, 5.74) is 0.278. The maximum absolute atomic E-state index is 12.2. The fourth-order valence-corrected chi connectivity index (χ4v) is 4.16. The molecule has 0 aromatic heterocycles. The third-order valence-electron chi connectivity index (χ3n) is 4.44. The van der Waals surface area contributed by atoms with E-state index in [-0.39, 0.29) is 5.41 Å². The maximum atomic E-state index is 12.2. The first-order valence-electron chi connectivity index (χ1n) is 7.44. The highest BCUT2D eigenvalue weighted by atomic mass is 32.2. The average Bonchev–Trinajstić information content (AvgIpc) is 2.77. The number of nitrogens with zero attached hydrogens (tertiary/aromatic N) is 1. The van der Waals surface area contributed by atoms with Gasteiger partial charge in [-0.25, -0.2) is 0 Å². The Balaban J connectivity index is 1.49. The van der Waals surface area contributed by atoms with E-state index < -0.39 is 0 Å². The van der Waals surface area contributed by atoms with Gasteiger partial charge < -0.3 is 10.2 Å². The van der Waals surface area contributed by atoms with Crippen molar-refractivity contribution in [1.29, 1.82) is 0 Å². The lowest BCUT2D eigenvalue weighted by Gasteiger charge is -2.33. The monoisotopic (exact) mass is 290 g/mol. The van der Waals surface area contributed by atoms with Crippen LogP contribution >= 0.6 is 11.8 Å². The zero-order valence-corrected chi connectivity index (χ0v) is 12.6. The molecule has 3 rings (SSSR count). The summed E-state index contributed by atoms with van der Waals surface area (Å²) in [6.45, 7) is 4.00. The molecule has 1 amide bonds. The predicted molar refractivity (Wildman–Crippen MR) is 82.9 cm³/mol. The van der Waals surface area contributed by atoms with Crippen LogP contribution in [-0.2, 0) is 4.79 Å². The fourth-order valence-electron chi connectivity index (χ4n) is 3.27. The molecule has 3 nitrogen and oxygen atoms in total. The van der Waals surface area contributed by atoms with Crippen LogP contribution in [0.15, 0.2) is 35.2 Å². The zero-order chi connectivity index (χ0) is 13.8. The number of hydrogen-bond acceptors (Lipinski definition) is 3. The van der Waals surface area contributed by atoms with Crippen LogP contribution in [-0.4, -0.2) is 42.7 Å². The van der Waals surface area contributed by atoms with Gasteiger partial charge in [0.1, 0.15) is 0 Å². The first kappa shape index (κ1) is 14.0. The van der Waals surface area contributed by atoms with Gasteiger partial charge in [0.2, 0.25) is 5.91 Å². The topological polar surface area (TPSA) is 32.3 Å². The molecular formula is C16H22N2OS. The Morgan fingerprint density at radius 2 is 1.95 bits per heavy atom. The van der Waals surface area contributed by atoms with Crippen LogP contribution in [0.25, 0.3) is 0 Å². The van der Waals surface area contributed by atoms with Crippen molar-refractivity contribution in [1.82, 2.24) is 10.2 Å². The molecule has 1 aromatic rings. The number of amides is 1. The van der Waals surface area contributed by atoms with Gasteiger partial charge in [-0.05, 0) is 43.5 Å². The minimum Gasteiger partial charge on any atom is -0.341 e. The van der Waals surface area contributed by atoms with Crippen molar-refractivity contribution < 1.29 is 4.79 Å². The SMILES string of the molecule is O=C1CC2(CCNCC2)CN1CCSc1ccccc1. The lowest BCUT2D eigenvalue weighted by Crippen LogP contribution is -2.39. The van der Waals surface area contributed by atoms with Crippen molar-refractivity contribution in [3.63, 3.8) is 0 Å². The summed E-state index contributed by atoms with van der Waals surface area (Å²) in [6, 6.07) is 10.4. The summed E-state index contributed by atoms with van der Waals surface area (Å²) in [7, 11) is 0. The fraction of sp³-hybridized carbons (Fsp3) is 0.562. The van der Waals surface area contributed by atoms with Crippen molar-refractivity contribution in [3.05, 3.63) is 30.3 Å². The summed E-state index contributed by atoms with van der Waals surface area (Å²) >= 11 is 1.84. The number of likely N-dealkylation sites (tertiary alicyclic amines) is 1. The van der Waals surface area contributed by atoms with E-state index in [4.69, 9.17) is 0 Å². The smallest absolute Gasteiger partial charge is 0.223 e. The molecule has 1 spiro atoms. The van der Waals surface area contributed by atoms with E-state index in [0.29, 0.717) is 5.91 Å². The molecule has 1 N–H and O–H groups in total. The van der Waals surface area contributed by atoms with Crippen molar-refractivity contribution in [2.75, 3.05) is 31.9 Å². The standard InChI is InChI=1S/C16H22N2OS/c19-15-12-16(6-8-17-9-7-16)13-18(15)10-11-20-14-4-2-1-3-5-14/h1-5,17H,6-13H2. The van der Waals surface area contributed by atoms with E-state index in [0.717, 1.165) is 51.2 Å². The molecular weight excluding hydrogens is 268 g/mol. The van der Waals surface area contributed by atoms with Crippen molar-refractivity contribution in [2.45, 2.75) is 24.2 Å². The lowest BCUT2D eigenvalue weighted by atomic mass is 9.78. The first-order chi connectivity index (χ1) is 9.77. The molecule has 0 saturated carbocycles. The largest absolute Gasteiger partial charge is 0.341 e. The van der Waals surface area contributed by atoms with Gasteiger partial charge in [-0.2, -0.15) is 0 Å². The summed E-state index contributed by atoms with van der Waals surface area (Å²) in [4.78, 5) is 15.6. The quantitative estimate of drug-likeness (QED) is 0.864. The van der Waals surface area contributed by atoms with Crippen molar-refractivity contribution >= 4 is 17.7 Å². The lowest BCUT2D eigenvalue weighted by molar-refractivity contribution is -0.127. The van der Waals surface area contributed by atoms with E-state index in [9.17, 15) is 4.79 Å². The molecule has 2 aliphatic heterocycles. The van der Waals surface area contributed by atoms with Crippen LogP contribution in [0.5, 0.6) is 0 Å². The Morgan fingerprint density at radius 3 is 2.70 bits per heavy atom. The molecule has 4 heteroatoms. The van der Waals surface area contributed by atoms with E-state index in [1.807, 2.05) is 17.8 Å². The minimum atomic E-state index is 0.278. The Bertz CT molecular complexity index is 457. The molecule has 2 saturated heterocycles. The second-order valence-electron chi connectivity index (χ2n) is 5.90. The predicted octanol–water partition coefficient (Wildman–Crippen LogP) is 2.38. The van der Waals surface area contributed by atoms with Crippen LogP contribution in [0.1, 0.15) is 19.3 Å². The molecule has 2 heterocycles. The Kier molecular flexibility index (Phi) is 4.32. The van der Waals surface area contributed by atoms with Crippen molar-refractivity contribution in [3.8, 4) is 0 Å². The minimum absolute atomic E-state index is 0.278. The Morgan fingerprint density at radius 1 is 1.20 bits per heavy atom.